The summed E-state index contributed by atoms with van der Waals surface area (Å²) in [7, 11) is 0. The SMILES string of the molecule is CC(C)c1cc(F)cc(C2(N=C=O)CCCC2)c1. The summed E-state index contributed by atoms with van der Waals surface area (Å²) in [4.78, 5) is 14.7. The van der Waals surface area contributed by atoms with E-state index in [1.807, 2.05) is 19.9 Å². The quantitative estimate of drug-likeness (QED) is 0.585. The fraction of sp³-hybridized carbons (Fsp3) is 0.533. The van der Waals surface area contributed by atoms with Gasteiger partial charge in [0.2, 0.25) is 6.08 Å². The van der Waals surface area contributed by atoms with Gasteiger partial charge in [-0.25, -0.2) is 9.18 Å². The molecule has 0 heterocycles. The Morgan fingerprint density at radius 1 is 1.28 bits per heavy atom. The Bertz CT molecular complexity index is 483. The second-order valence-corrected chi connectivity index (χ2v) is 5.37. The van der Waals surface area contributed by atoms with Gasteiger partial charge >= 0.3 is 0 Å². The molecule has 0 atom stereocenters. The van der Waals surface area contributed by atoms with Crippen LogP contribution in [0.4, 0.5) is 4.39 Å². The molecule has 0 amide bonds. The molecule has 1 saturated carbocycles. The van der Waals surface area contributed by atoms with Gasteiger partial charge in [0, 0.05) is 0 Å². The molecule has 0 aromatic heterocycles. The molecule has 0 spiro atoms. The topological polar surface area (TPSA) is 29.4 Å². The van der Waals surface area contributed by atoms with Gasteiger partial charge < -0.3 is 0 Å². The van der Waals surface area contributed by atoms with Crippen molar-refractivity contribution in [1.29, 1.82) is 0 Å². The van der Waals surface area contributed by atoms with Crippen LogP contribution in [0.15, 0.2) is 23.2 Å². The zero-order valence-corrected chi connectivity index (χ0v) is 10.9. The molecule has 1 aliphatic carbocycles. The Hall–Kier alpha value is -1.47. The molecule has 1 fully saturated rings. The van der Waals surface area contributed by atoms with Crippen LogP contribution in [-0.4, -0.2) is 6.08 Å². The Morgan fingerprint density at radius 2 is 1.94 bits per heavy atom. The fourth-order valence-electron chi connectivity index (χ4n) is 2.73. The lowest BCUT2D eigenvalue weighted by Crippen LogP contribution is -2.19. The summed E-state index contributed by atoms with van der Waals surface area (Å²) in [5, 5.41) is 0. The first kappa shape index (κ1) is 13.0. The van der Waals surface area contributed by atoms with Gasteiger partial charge in [0.05, 0.1) is 5.54 Å². The van der Waals surface area contributed by atoms with Crippen LogP contribution in [0, 0.1) is 5.82 Å². The van der Waals surface area contributed by atoms with E-state index in [0.717, 1.165) is 36.8 Å². The van der Waals surface area contributed by atoms with E-state index in [1.54, 1.807) is 12.1 Å². The van der Waals surface area contributed by atoms with E-state index in [1.165, 1.54) is 6.07 Å². The molecule has 0 saturated heterocycles. The van der Waals surface area contributed by atoms with Crippen LogP contribution < -0.4 is 0 Å². The van der Waals surface area contributed by atoms with E-state index >= 15 is 0 Å². The van der Waals surface area contributed by atoms with Crippen molar-refractivity contribution in [2.75, 3.05) is 0 Å². The Balaban J connectivity index is 2.51. The molecule has 2 rings (SSSR count). The van der Waals surface area contributed by atoms with Crippen molar-refractivity contribution in [3.8, 4) is 0 Å². The van der Waals surface area contributed by atoms with Crippen LogP contribution in [0.5, 0.6) is 0 Å². The van der Waals surface area contributed by atoms with Crippen LogP contribution in [-0.2, 0) is 10.3 Å². The normalized spacial score (nSPS) is 17.8. The smallest absolute Gasteiger partial charge is 0.211 e. The van der Waals surface area contributed by atoms with Gasteiger partial charge in [-0.15, -0.1) is 0 Å². The summed E-state index contributed by atoms with van der Waals surface area (Å²) >= 11 is 0. The Kier molecular flexibility index (Phi) is 3.63. The summed E-state index contributed by atoms with van der Waals surface area (Å²) in [5.41, 5.74) is 1.25. The molecule has 18 heavy (non-hydrogen) atoms. The van der Waals surface area contributed by atoms with E-state index in [-0.39, 0.29) is 11.7 Å². The number of halogens is 1. The maximum atomic E-state index is 13.7. The van der Waals surface area contributed by atoms with Crippen LogP contribution in [0.25, 0.3) is 0 Å². The number of nitrogens with zero attached hydrogens (tertiary/aromatic N) is 1. The highest BCUT2D eigenvalue weighted by Crippen LogP contribution is 2.42. The predicted molar refractivity (Wildman–Crippen MR) is 68.8 cm³/mol. The minimum Gasteiger partial charge on any atom is -0.211 e. The lowest BCUT2D eigenvalue weighted by atomic mass is 9.86. The molecule has 2 nitrogen and oxygen atoms in total. The number of hydrogen-bond donors (Lipinski definition) is 0. The van der Waals surface area contributed by atoms with Crippen molar-refractivity contribution in [3.05, 3.63) is 35.1 Å². The predicted octanol–water partition coefficient (Wildman–Crippen LogP) is 4.05. The van der Waals surface area contributed by atoms with Gasteiger partial charge in [0.15, 0.2) is 0 Å². The lowest BCUT2D eigenvalue weighted by Gasteiger charge is -2.24. The van der Waals surface area contributed by atoms with Crippen LogP contribution in [0.2, 0.25) is 0 Å². The molecular formula is C15H18FNO. The van der Waals surface area contributed by atoms with Crippen LogP contribution in [0.1, 0.15) is 56.6 Å². The number of aliphatic imine (C=N–C) groups is 1. The van der Waals surface area contributed by atoms with Crippen LogP contribution in [0.3, 0.4) is 0 Å². The van der Waals surface area contributed by atoms with E-state index in [4.69, 9.17) is 0 Å². The largest absolute Gasteiger partial charge is 0.235 e. The third kappa shape index (κ3) is 2.37. The maximum Gasteiger partial charge on any atom is 0.235 e. The summed E-state index contributed by atoms with van der Waals surface area (Å²) in [5.74, 6) is 0.0155. The van der Waals surface area contributed by atoms with E-state index in [9.17, 15) is 9.18 Å². The molecule has 0 bridgehead atoms. The maximum absolute atomic E-state index is 13.7. The first-order chi connectivity index (χ1) is 8.57. The van der Waals surface area contributed by atoms with Crippen molar-refractivity contribution >= 4 is 6.08 Å². The lowest BCUT2D eigenvalue weighted by molar-refractivity contribution is 0.451. The van der Waals surface area contributed by atoms with Crippen molar-refractivity contribution in [1.82, 2.24) is 0 Å². The number of carbonyl (C=O) groups excluding carboxylic acids is 1. The molecule has 0 radical (unpaired) electrons. The summed E-state index contributed by atoms with van der Waals surface area (Å²) < 4.78 is 13.7. The summed E-state index contributed by atoms with van der Waals surface area (Å²) in [6.45, 7) is 4.06. The zero-order chi connectivity index (χ0) is 13.2. The van der Waals surface area contributed by atoms with Gasteiger partial charge in [-0.1, -0.05) is 32.8 Å². The number of hydrogen-bond acceptors (Lipinski definition) is 2. The van der Waals surface area contributed by atoms with Crippen molar-refractivity contribution < 1.29 is 9.18 Å². The van der Waals surface area contributed by atoms with Gasteiger partial charge in [-0.3, -0.25) is 0 Å². The average Bonchev–Trinajstić information content (AvgIpc) is 2.78. The molecule has 0 unspecified atom stereocenters. The standard InChI is InChI=1S/C15H18FNO/c1-11(2)12-7-13(9-14(16)8-12)15(17-10-18)5-3-4-6-15/h7-9,11H,3-6H2,1-2H3. The monoisotopic (exact) mass is 247 g/mol. The fourth-order valence-corrected chi connectivity index (χ4v) is 2.73. The Labute approximate surface area is 107 Å². The minimum absolute atomic E-state index is 0.247. The highest BCUT2D eigenvalue weighted by atomic mass is 19.1. The molecule has 1 aromatic rings. The van der Waals surface area contributed by atoms with Crippen molar-refractivity contribution in [3.63, 3.8) is 0 Å². The molecule has 96 valence electrons. The second-order valence-electron chi connectivity index (χ2n) is 5.37. The molecule has 3 heteroatoms. The van der Waals surface area contributed by atoms with E-state index in [2.05, 4.69) is 4.99 Å². The highest BCUT2D eigenvalue weighted by molar-refractivity contribution is 5.40. The van der Waals surface area contributed by atoms with Gasteiger partial charge in [0.1, 0.15) is 5.82 Å². The van der Waals surface area contributed by atoms with E-state index < -0.39 is 5.54 Å². The number of benzene rings is 1. The average molecular weight is 247 g/mol. The molecular weight excluding hydrogens is 229 g/mol. The zero-order valence-electron chi connectivity index (χ0n) is 10.9. The molecule has 0 N–H and O–H groups in total. The third-order valence-electron chi connectivity index (χ3n) is 3.81. The first-order valence-electron chi connectivity index (χ1n) is 6.47. The summed E-state index contributed by atoms with van der Waals surface area (Å²) in [6.07, 6.45) is 5.34. The van der Waals surface area contributed by atoms with E-state index in [0.29, 0.717) is 0 Å². The second kappa shape index (κ2) is 5.03. The summed E-state index contributed by atoms with van der Waals surface area (Å²) in [6, 6.07) is 5.05. The number of isocyanates is 1. The van der Waals surface area contributed by atoms with Crippen molar-refractivity contribution in [2.24, 2.45) is 4.99 Å². The minimum atomic E-state index is -0.534. The third-order valence-corrected chi connectivity index (χ3v) is 3.81. The first-order valence-corrected chi connectivity index (χ1v) is 6.47. The molecule has 1 aromatic carbocycles. The number of rotatable bonds is 3. The van der Waals surface area contributed by atoms with Gasteiger partial charge in [0.25, 0.3) is 0 Å². The molecule has 1 aliphatic rings. The Morgan fingerprint density at radius 3 is 2.50 bits per heavy atom. The highest BCUT2D eigenvalue weighted by Gasteiger charge is 2.36. The van der Waals surface area contributed by atoms with Gasteiger partial charge in [-0.2, -0.15) is 4.99 Å². The van der Waals surface area contributed by atoms with Gasteiger partial charge in [-0.05, 0) is 42.0 Å². The molecule has 0 aliphatic heterocycles. The van der Waals surface area contributed by atoms with Crippen LogP contribution >= 0.6 is 0 Å². The van der Waals surface area contributed by atoms with Crippen molar-refractivity contribution in [2.45, 2.75) is 51.0 Å².